The number of aliphatic hydroxyl groups excluding tert-OH is 3. The summed E-state index contributed by atoms with van der Waals surface area (Å²) < 4.78 is 0. The molecule has 2 aromatic rings. The molecule has 0 saturated carbocycles. The van der Waals surface area contributed by atoms with E-state index in [9.17, 15) is 25.2 Å². The summed E-state index contributed by atoms with van der Waals surface area (Å²) in [5.74, 6) is -1.04. The van der Waals surface area contributed by atoms with Crippen LogP contribution in [0.3, 0.4) is 0 Å². The molecule has 0 bridgehead atoms. The van der Waals surface area contributed by atoms with Gasteiger partial charge in [-0.25, -0.2) is 4.79 Å². The van der Waals surface area contributed by atoms with Crippen LogP contribution in [-0.2, 0) is 0 Å². The molecule has 0 radical (unpaired) electrons. The Labute approximate surface area is 138 Å². The number of aliphatic hydroxyl groups is 3. The summed E-state index contributed by atoms with van der Waals surface area (Å²) in [6.45, 7) is -1.58. The molecule has 6 nitrogen and oxygen atoms in total. The number of carbonyl (C=O) groups is 1. The molecule has 2 aromatic carbocycles. The lowest BCUT2D eigenvalue weighted by Crippen LogP contribution is -2.40. The van der Waals surface area contributed by atoms with Crippen LogP contribution in [0.5, 0.6) is 0 Å². The van der Waals surface area contributed by atoms with Crippen molar-refractivity contribution >= 4 is 11.7 Å². The highest BCUT2D eigenvalue weighted by atomic mass is 16.4. The molecule has 0 saturated heterocycles. The third kappa shape index (κ3) is 2.41. The maximum Gasteiger partial charge on any atom is 0.336 e. The first-order valence-corrected chi connectivity index (χ1v) is 7.46. The van der Waals surface area contributed by atoms with Crippen LogP contribution in [0.4, 0.5) is 0 Å². The molecule has 6 heteroatoms. The Morgan fingerprint density at radius 2 is 1.46 bits per heavy atom. The number of rotatable bonds is 5. The summed E-state index contributed by atoms with van der Waals surface area (Å²) in [6, 6.07) is 12.1. The number of hydrogen-bond acceptors (Lipinski definition) is 5. The molecule has 124 valence electrons. The number of aliphatic imine (C=N–C) groups is 1. The van der Waals surface area contributed by atoms with Crippen LogP contribution >= 0.6 is 0 Å². The van der Waals surface area contributed by atoms with Crippen LogP contribution in [0.25, 0.3) is 11.1 Å². The first-order valence-electron chi connectivity index (χ1n) is 7.46. The molecule has 3 rings (SSSR count). The molecular weight excluding hydrogens is 310 g/mol. The van der Waals surface area contributed by atoms with Crippen LogP contribution in [-0.4, -0.2) is 57.5 Å². The van der Waals surface area contributed by atoms with Crippen molar-refractivity contribution in [2.75, 3.05) is 19.8 Å². The second-order valence-electron chi connectivity index (χ2n) is 5.74. The summed E-state index contributed by atoms with van der Waals surface area (Å²) in [5.41, 5.74) is 1.79. The van der Waals surface area contributed by atoms with Gasteiger partial charge in [0, 0.05) is 16.7 Å². The molecule has 0 aliphatic heterocycles. The van der Waals surface area contributed by atoms with E-state index in [2.05, 4.69) is 4.99 Å². The predicted molar refractivity (Wildman–Crippen MR) is 88.5 cm³/mol. The molecule has 0 atom stereocenters. The monoisotopic (exact) mass is 327 g/mol. The second kappa shape index (κ2) is 6.16. The fourth-order valence-corrected chi connectivity index (χ4v) is 2.88. The largest absolute Gasteiger partial charge is 0.478 e. The zero-order valence-corrected chi connectivity index (χ0v) is 12.8. The Morgan fingerprint density at radius 1 is 0.875 bits per heavy atom. The van der Waals surface area contributed by atoms with Crippen LogP contribution < -0.4 is 0 Å². The van der Waals surface area contributed by atoms with Crippen molar-refractivity contribution in [2.24, 2.45) is 4.99 Å². The fourth-order valence-electron chi connectivity index (χ4n) is 2.88. The minimum absolute atomic E-state index is 0.160. The van der Waals surface area contributed by atoms with Gasteiger partial charge in [0.15, 0.2) is 0 Å². The smallest absolute Gasteiger partial charge is 0.336 e. The van der Waals surface area contributed by atoms with Crippen LogP contribution in [0, 0.1) is 0 Å². The molecule has 24 heavy (non-hydrogen) atoms. The fraction of sp³-hybridized carbons (Fsp3) is 0.222. The van der Waals surface area contributed by atoms with E-state index in [0.29, 0.717) is 22.4 Å². The van der Waals surface area contributed by atoms with Gasteiger partial charge in [-0.15, -0.1) is 0 Å². The lowest BCUT2D eigenvalue weighted by atomic mass is 9.99. The van der Waals surface area contributed by atoms with E-state index < -0.39 is 31.3 Å². The predicted octanol–water partition coefficient (Wildman–Crippen LogP) is 0.918. The van der Waals surface area contributed by atoms with E-state index in [1.54, 1.807) is 24.3 Å². The van der Waals surface area contributed by atoms with Gasteiger partial charge < -0.3 is 20.4 Å². The number of fused-ring (bicyclic) bond motifs is 3. The van der Waals surface area contributed by atoms with Gasteiger partial charge in [-0.05, 0) is 11.6 Å². The van der Waals surface area contributed by atoms with E-state index in [0.717, 1.165) is 5.56 Å². The third-order valence-corrected chi connectivity index (χ3v) is 4.23. The Hall–Kier alpha value is -2.54. The van der Waals surface area contributed by atoms with Crippen molar-refractivity contribution in [1.82, 2.24) is 0 Å². The molecule has 4 N–H and O–H groups in total. The Bertz CT molecular complexity index is 816. The summed E-state index contributed by atoms with van der Waals surface area (Å²) in [4.78, 5) is 16.0. The normalized spacial score (nSPS) is 14.5. The Balaban J connectivity index is 2.32. The zero-order chi connectivity index (χ0) is 17.3. The first-order chi connectivity index (χ1) is 11.6. The van der Waals surface area contributed by atoms with E-state index in [4.69, 9.17) is 0 Å². The van der Waals surface area contributed by atoms with Crippen LogP contribution in [0.2, 0.25) is 0 Å². The molecular formula is C18H17NO5. The summed E-state index contributed by atoms with van der Waals surface area (Å²) in [7, 11) is 0. The maximum absolute atomic E-state index is 11.6. The average Bonchev–Trinajstić information content (AvgIpc) is 2.93. The van der Waals surface area contributed by atoms with Gasteiger partial charge in [-0.1, -0.05) is 36.4 Å². The van der Waals surface area contributed by atoms with Gasteiger partial charge in [0.25, 0.3) is 0 Å². The van der Waals surface area contributed by atoms with E-state index >= 15 is 0 Å². The van der Waals surface area contributed by atoms with Crippen LogP contribution in [0.1, 0.15) is 21.5 Å². The van der Waals surface area contributed by atoms with Gasteiger partial charge in [0.1, 0.15) is 5.54 Å². The Kier molecular flexibility index (Phi) is 4.19. The molecule has 1 aliphatic rings. The SMILES string of the molecule is O=C(O)c1cccc2c1-c1ccccc1C2=NC(CO)(CO)CO. The van der Waals surface area contributed by atoms with Crippen molar-refractivity contribution < 1.29 is 25.2 Å². The van der Waals surface area contributed by atoms with Gasteiger partial charge in [0.05, 0.1) is 31.1 Å². The van der Waals surface area contributed by atoms with Crippen molar-refractivity contribution in [3.63, 3.8) is 0 Å². The highest BCUT2D eigenvalue weighted by molar-refractivity contribution is 6.26. The molecule has 1 aliphatic carbocycles. The zero-order valence-electron chi connectivity index (χ0n) is 12.8. The number of hydrogen-bond donors (Lipinski definition) is 4. The topological polar surface area (TPSA) is 110 Å². The summed E-state index contributed by atoms with van der Waals surface area (Å²) in [6.07, 6.45) is 0. The molecule has 0 unspecified atom stereocenters. The minimum atomic E-state index is -1.43. The highest BCUT2D eigenvalue weighted by Gasteiger charge is 2.33. The third-order valence-electron chi connectivity index (χ3n) is 4.23. The lowest BCUT2D eigenvalue weighted by Gasteiger charge is -2.23. The number of benzene rings is 2. The summed E-state index contributed by atoms with van der Waals surface area (Å²) in [5, 5.41) is 38.1. The second-order valence-corrected chi connectivity index (χ2v) is 5.74. The lowest BCUT2D eigenvalue weighted by molar-refractivity contribution is 0.0695. The van der Waals surface area contributed by atoms with Crippen LogP contribution in [0.15, 0.2) is 47.5 Å². The van der Waals surface area contributed by atoms with Gasteiger partial charge in [-0.2, -0.15) is 0 Å². The number of carboxylic acids is 1. The van der Waals surface area contributed by atoms with E-state index in [1.165, 1.54) is 6.07 Å². The molecule has 0 heterocycles. The van der Waals surface area contributed by atoms with Crippen molar-refractivity contribution in [1.29, 1.82) is 0 Å². The number of nitrogens with zero attached hydrogens (tertiary/aromatic N) is 1. The van der Waals surface area contributed by atoms with Gasteiger partial charge >= 0.3 is 5.97 Å². The maximum atomic E-state index is 11.6. The highest BCUT2D eigenvalue weighted by Crippen LogP contribution is 2.40. The Morgan fingerprint density at radius 3 is 2.04 bits per heavy atom. The van der Waals surface area contributed by atoms with Gasteiger partial charge in [-0.3, -0.25) is 4.99 Å². The van der Waals surface area contributed by atoms with E-state index in [-0.39, 0.29) is 5.56 Å². The van der Waals surface area contributed by atoms with E-state index in [1.807, 2.05) is 12.1 Å². The summed E-state index contributed by atoms with van der Waals surface area (Å²) >= 11 is 0. The number of aromatic carboxylic acids is 1. The molecule has 0 amide bonds. The quantitative estimate of drug-likeness (QED) is 0.557. The minimum Gasteiger partial charge on any atom is -0.478 e. The van der Waals surface area contributed by atoms with Crippen molar-refractivity contribution in [3.8, 4) is 11.1 Å². The number of carboxylic acid groups (broad SMARTS) is 1. The van der Waals surface area contributed by atoms with Crippen molar-refractivity contribution in [2.45, 2.75) is 5.54 Å². The first kappa shape index (κ1) is 16.3. The van der Waals surface area contributed by atoms with Gasteiger partial charge in [0.2, 0.25) is 0 Å². The van der Waals surface area contributed by atoms with Crippen molar-refractivity contribution in [3.05, 3.63) is 59.2 Å². The average molecular weight is 327 g/mol. The molecule has 0 fully saturated rings. The standard InChI is InChI=1S/C18H17NO5/c20-8-18(9-21,10-22)19-16-12-5-2-1-4-11(12)15-13(16)6-3-7-14(15)17(23)24/h1-7,20-22H,8-10H2,(H,23,24). The molecule has 0 spiro atoms. The molecule has 0 aromatic heterocycles.